The highest BCUT2D eigenvalue weighted by Gasteiger charge is 2.13. The van der Waals surface area contributed by atoms with E-state index in [1.807, 2.05) is 0 Å². The van der Waals surface area contributed by atoms with Crippen molar-refractivity contribution in [3.05, 3.63) is 23.1 Å². The van der Waals surface area contributed by atoms with Crippen molar-refractivity contribution >= 4 is 22.5 Å². The zero-order valence-electron chi connectivity index (χ0n) is 6.77. The zero-order valence-corrected chi connectivity index (χ0v) is 7.52. The third kappa shape index (κ3) is 1.14. The first-order valence-corrected chi connectivity index (χ1v) is 3.97. The lowest BCUT2D eigenvalue weighted by atomic mass is 10.2. The fraction of sp³-hybridized carbons (Fsp3) is 0.125. The number of benzene rings is 1. The Morgan fingerprint density at radius 2 is 2.38 bits per heavy atom. The van der Waals surface area contributed by atoms with Crippen molar-refractivity contribution in [1.82, 2.24) is 10.2 Å². The van der Waals surface area contributed by atoms with Gasteiger partial charge in [-0.3, -0.25) is 5.10 Å². The molecule has 0 aliphatic heterocycles. The van der Waals surface area contributed by atoms with Gasteiger partial charge in [0, 0.05) is 6.07 Å². The summed E-state index contributed by atoms with van der Waals surface area (Å²) in [5.74, 6) is -0.208. The second-order valence-electron chi connectivity index (χ2n) is 2.54. The standard InChI is InChI=1S/C8H6ClFN2O/c1-13-8-4-3-11-12-6(4)2-5(10)7(8)9/h2-3H,1H3,(H,11,12). The highest BCUT2D eigenvalue weighted by molar-refractivity contribution is 6.33. The van der Waals surface area contributed by atoms with Crippen LogP contribution >= 0.6 is 11.6 Å². The maximum Gasteiger partial charge on any atom is 0.151 e. The van der Waals surface area contributed by atoms with Gasteiger partial charge in [-0.15, -0.1) is 0 Å². The van der Waals surface area contributed by atoms with Crippen molar-refractivity contribution in [2.24, 2.45) is 0 Å². The van der Waals surface area contributed by atoms with Gasteiger partial charge in [0.15, 0.2) is 5.75 Å². The quantitative estimate of drug-likeness (QED) is 0.768. The van der Waals surface area contributed by atoms with Crippen LogP contribution < -0.4 is 4.74 Å². The van der Waals surface area contributed by atoms with Crippen LogP contribution in [-0.2, 0) is 0 Å². The molecule has 0 unspecified atom stereocenters. The topological polar surface area (TPSA) is 37.9 Å². The third-order valence-electron chi connectivity index (χ3n) is 1.80. The second-order valence-corrected chi connectivity index (χ2v) is 2.91. The maximum atomic E-state index is 13.1. The molecule has 2 rings (SSSR count). The number of rotatable bonds is 1. The first-order valence-electron chi connectivity index (χ1n) is 3.59. The monoisotopic (exact) mass is 200 g/mol. The number of ether oxygens (including phenoxy) is 1. The summed E-state index contributed by atoms with van der Waals surface area (Å²) in [6, 6.07) is 1.28. The van der Waals surface area contributed by atoms with Crippen molar-refractivity contribution in [2.45, 2.75) is 0 Å². The molecule has 0 aliphatic carbocycles. The summed E-state index contributed by atoms with van der Waals surface area (Å²) in [4.78, 5) is 0. The Kier molecular flexibility index (Phi) is 1.84. The van der Waals surface area contributed by atoms with E-state index >= 15 is 0 Å². The number of fused-ring (bicyclic) bond motifs is 1. The Labute approximate surface area is 78.5 Å². The van der Waals surface area contributed by atoms with Crippen LogP contribution in [0.5, 0.6) is 5.75 Å². The summed E-state index contributed by atoms with van der Waals surface area (Å²) in [5.41, 5.74) is 0.568. The van der Waals surface area contributed by atoms with Gasteiger partial charge in [-0.2, -0.15) is 5.10 Å². The zero-order chi connectivity index (χ0) is 9.42. The van der Waals surface area contributed by atoms with Crippen molar-refractivity contribution in [3.63, 3.8) is 0 Å². The van der Waals surface area contributed by atoms with Crippen LogP contribution in [0.15, 0.2) is 12.3 Å². The highest BCUT2D eigenvalue weighted by Crippen LogP contribution is 2.34. The lowest BCUT2D eigenvalue weighted by molar-refractivity contribution is 0.417. The van der Waals surface area contributed by atoms with Crippen LogP contribution in [-0.4, -0.2) is 17.3 Å². The Morgan fingerprint density at radius 1 is 1.62 bits per heavy atom. The molecule has 3 nitrogen and oxygen atoms in total. The van der Waals surface area contributed by atoms with Gasteiger partial charge < -0.3 is 4.74 Å². The molecule has 1 aromatic heterocycles. The molecule has 0 amide bonds. The molecule has 1 heterocycles. The highest BCUT2D eigenvalue weighted by atomic mass is 35.5. The molecule has 0 spiro atoms. The molecule has 0 saturated heterocycles. The van der Waals surface area contributed by atoms with Crippen molar-refractivity contribution < 1.29 is 9.13 Å². The Bertz CT molecular complexity index is 455. The first kappa shape index (κ1) is 8.31. The normalized spacial score (nSPS) is 10.7. The number of nitrogens with zero attached hydrogens (tertiary/aromatic N) is 1. The molecule has 0 bridgehead atoms. The molecular weight excluding hydrogens is 195 g/mol. The minimum atomic E-state index is -0.518. The van der Waals surface area contributed by atoms with E-state index in [1.165, 1.54) is 13.2 Å². The maximum absolute atomic E-state index is 13.1. The minimum absolute atomic E-state index is 0.0172. The molecule has 13 heavy (non-hydrogen) atoms. The van der Waals surface area contributed by atoms with E-state index in [-0.39, 0.29) is 5.02 Å². The Hall–Kier alpha value is -1.29. The number of hydrogen-bond acceptors (Lipinski definition) is 2. The van der Waals surface area contributed by atoms with E-state index in [0.717, 1.165) is 0 Å². The van der Waals surface area contributed by atoms with E-state index < -0.39 is 5.82 Å². The summed E-state index contributed by atoms with van der Waals surface area (Å²) < 4.78 is 18.1. The smallest absolute Gasteiger partial charge is 0.151 e. The third-order valence-corrected chi connectivity index (χ3v) is 2.15. The van der Waals surface area contributed by atoms with Gasteiger partial charge in [0.25, 0.3) is 0 Å². The molecule has 1 aromatic carbocycles. The van der Waals surface area contributed by atoms with Gasteiger partial charge in [0.2, 0.25) is 0 Å². The molecule has 0 aliphatic rings. The molecule has 0 radical (unpaired) electrons. The van der Waals surface area contributed by atoms with Crippen molar-refractivity contribution in [2.75, 3.05) is 7.11 Å². The second kappa shape index (κ2) is 2.88. The lowest BCUT2D eigenvalue weighted by Gasteiger charge is -2.04. The molecule has 2 aromatic rings. The lowest BCUT2D eigenvalue weighted by Crippen LogP contribution is -1.88. The van der Waals surface area contributed by atoms with E-state index in [4.69, 9.17) is 16.3 Å². The molecule has 5 heteroatoms. The molecular formula is C8H6ClFN2O. The molecule has 68 valence electrons. The number of nitrogens with one attached hydrogen (secondary N) is 1. The van der Waals surface area contributed by atoms with Gasteiger partial charge in [-0.1, -0.05) is 11.6 Å². The average Bonchev–Trinajstić information content (AvgIpc) is 2.54. The van der Waals surface area contributed by atoms with Gasteiger partial charge in [-0.05, 0) is 0 Å². The SMILES string of the molecule is COc1c(Cl)c(F)cc2[nH]ncc12. The average molecular weight is 201 g/mol. The van der Waals surface area contributed by atoms with Crippen LogP contribution in [0.1, 0.15) is 0 Å². The summed E-state index contributed by atoms with van der Waals surface area (Å²) in [7, 11) is 1.44. The van der Waals surface area contributed by atoms with Crippen LogP contribution in [0.4, 0.5) is 4.39 Å². The van der Waals surface area contributed by atoms with Crippen LogP contribution in [0.2, 0.25) is 5.02 Å². The van der Waals surface area contributed by atoms with E-state index in [2.05, 4.69) is 10.2 Å². The first-order chi connectivity index (χ1) is 6.24. The fourth-order valence-electron chi connectivity index (χ4n) is 1.20. The van der Waals surface area contributed by atoms with Gasteiger partial charge in [0.1, 0.15) is 10.8 Å². The molecule has 0 saturated carbocycles. The minimum Gasteiger partial charge on any atom is -0.494 e. The van der Waals surface area contributed by atoms with Crippen LogP contribution in [0, 0.1) is 5.82 Å². The van der Waals surface area contributed by atoms with Gasteiger partial charge >= 0.3 is 0 Å². The molecule has 0 atom stereocenters. The number of hydrogen-bond donors (Lipinski definition) is 1. The fourth-order valence-corrected chi connectivity index (χ4v) is 1.44. The Balaban J connectivity index is 2.87. The van der Waals surface area contributed by atoms with Crippen LogP contribution in [0.25, 0.3) is 10.9 Å². The summed E-state index contributed by atoms with van der Waals surface area (Å²) in [5, 5.41) is 7.05. The number of aromatic nitrogens is 2. The van der Waals surface area contributed by atoms with E-state index in [0.29, 0.717) is 16.7 Å². The number of halogens is 2. The predicted octanol–water partition coefficient (Wildman–Crippen LogP) is 2.36. The largest absolute Gasteiger partial charge is 0.494 e. The summed E-state index contributed by atoms with van der Waals surface area (Å²) >= 11 is 5.69. The van der Waals surface area contributed by atoms with Gasteiger partial charge in [0.05, 0.1) is 24.2 Å². The van der Waals surface area contributed by atoms with E-state index in [9.17, 15) is 4.39 Å². The predicted molar refractivity (Wildman–Crippen MR) is 47.6 cm³/mol. The van der Waals surface area contributed by atoms with Crippen LogP contribution in [0.3, 0.4) is 0 Å². The van der Waals surface area contributed by atoms with Crippen molar-refractivity contribution in [3.8, 4) is 5.75 Å². The van der Waals surface area contributed by atoms with Crippen molar-refractivity contribution in [1.29, 1.82) is 0 Å². The molecule has 1 N–H and O–H groups in total. The Morgan fingerprint density at radius 3 is 3.08 bits per heavy atom. The molecule has 0 fully saturated rings. The summed E-state index contributed by atoms with van der Waals surface area (Å²) in [6.45, 7) is 0. The van der Waals surface area contributed by atoms with E-state index in [1.54, 1.807) is 6.20 Å². The summed E-state index contributed by atoms with van der Waals surface area (Å²) in [6.07, 6.45) is 1.54. The van der Waals surface area contributed by atoms with Gasteiger partial charge in [-0.25, -0.2) is 4.39 Å². The number of aromatic amines is 1. The number of H-pyrrole nitrogens is 1. The number of methoxy groups -OCH3 is 1.